The second-order valence-corrected chi connectivity index (χ2v) is 3.63. The second-order valence-electron chi connectivity index (χ2n) is 3.63. The molecule has 0 saturated carbocycles. The molecule has 4 heteroatoms. The molecule has 0 fully saturated rings. The summed E-state index contributed by atoms with van der Waals surface area (Å²) >= 11 is 0. The fraction of sp³-hybridized carbons (Fsp3) is 0.500. The van der Waals surface area contributed by atoms with Gasteiger partial charge in [0.1, 0.15) is 5.82 Å². The van der Waals surface area contributed by atoms with Crippen molar-refractivity contribution in [3.8, 4) is 0 Å². The van der Waals surface area contributed by atoms with Gasteiger partial charge in [0.2, 0.25) is 0 Å². The average molecular weight is 203 g/mol. The normalized spacial score (nSPS) is 12.2. The summed E-state index contributed by atoms with van der Waals surface area (Å²) < 4.78 is 38.8. The van der Waals surface area contributed by atoms with Gasteiger partial charge in [-0.25, -0.2) is 13.2 Å². The Bertz CT molecular complexity index is 329. The van der Waals surface area contributed by atoms with Gasteiger partial charge in [0.05, 0.1) is 5.69 Å². The van der Waals surface area contributed by atoms with Gasteiger partial charge in [-0.3, -0.25) is 4.98 Å². The molecule has 1 rings (SSSR count). The number of nitrogens with zero attached hydrogens (tertiary/aromatic N) is 1. The number of alkyl halides is 2. The SMILES string of the molecule is CC(C)c1ncc(C(C)(F)F)cc1F. The van der Waals surface area contributed by atoms with Gasteiger partial charge in [-0.1, -0.05) is 13.8 Å². The summed E-state index contributed by atoms with van der Waals surface area (Å²) in [7, 11) is 0. The highest BCUT2D eigenvalue weighted by Crippen LogP contribution is 2.28. The Morgan fingerprint density at radius 3 is 2.29 bits per heavy atom. The molecule has 1 heterocycles. The van der Waals surface area contributed by atoms with E-state index in [0.29, 0.717) is 0 Å². The van der Waals surface area contributed by atoms with E-state index in [1.54, 1.807) is 13.8 Å². The molecule has 14 heavy (non-hydrogen) atoms. The maximum absolute atomic E-state index is 13.2. The molecule has 0 N–H and O–H groups in total. The minimum absolute atomic E-state index is 0.102. The summed E-state index contributed by atoms with van der Waals surface area (Å²) in [5.41, 5.74) is -0.169. The van der Waals surface area contributed by atoms with Crippen LogP contribution in [0, 0.1) is 5.82 Å². The van der Waals surface area contributed by atoms with Gasteiger partial charge in [-0.05, 0) is 12.0 Å². The van der Waals surface area contributed by atoms with Crippen molar-refractivity contribution in [2.45, 2.75) is 32.6 Å². The van der Waals surface area contributed by atoms with Crippen LogP contribution in [0.3, 0.4) is 0 Å². The van der Waals surface area contributed by atoms with Crippen molar-refractivity contribution in [2.75, 3.05) is 0 Å². The van der Waals surface area contributed by atoms with Crippen molar-refractivity contribution in [1.82, 2.24) is 4.98 Å². The third-order valence-electron chi connectivity index (χ3n) is 1.92. The lowest BCUT2D eigenvalue weighted by Gasteiger charge is -2.12. The zero-order valence-electron chi connectivity index (χ0n) is 8.31. The van der Waals surface area contributed by atoms with Crippen molar-refractivity contribution in [3.63, 3.8) is 0 Å². The molecule has 0 bridgehead atoms. The van der Waals surface area contributed by atoms with Gasteiger partial charge in [0.15, 0.2) is 0 Å². The van der Waals surface area contributed by atoms with Crippen LogP contribution in [0.25, 0.3) is 0 Å². The summed E-state index contributed by atoms with van der Waals surface area (Å²) in [4.78, 5) is 3.69. The standard InChI is InChI=1S/C10H12F3N/c1-6(2)9-8(11)4-7(5-14-9)10(3,12)13/h4-6H,1-3H3. The van der Waals surface area contributed by atoms with E-state index in [1.165, 1.54) is 0 Å². The Kier molecular flexibility index (Phi) is 2.83. The number of rotatable bonds is 2. The van der Waals surface area contributed by atoms with Crippen LogP contribution in [0.2, 0.25) is 0 Å². The minimum Gasteiger partial charge on any atom is -0.257 e. The highest BCUT2D eigenvalue weighted by atomic mass is 19.3. The first kappa shape index (κ1) is 11.0. The second kappa shape index (κ2) is 3.59. The Balaban J connectivity index is 3.13. The number of hydrogen-bond donors (Lipinski definition) is 0. The topological polar surface area (TPSA) is 12.9 Å². The molecule has 0 unspecified atom stereocenters. The quantitative estimate of drug-likeness (QED) is 0.717. The highest BCUT2D eigenvalue weighted by molar-refractivity contribution is 5.21. The van der Waals surface area contributed by atoms with Gasteiger partial charge < -0.3 is 0 Å². The Hall–Kier alpha value is -1.06. The first-order chi connectivity index (χ1) is 6.32. The van der Waals surface area contributed by atoms with Crippen LogP contribution in [0.5, 0.6) is 0 Å². The van der Waals surface area contributed by atoms with Crippen LogP contribution in [-0.4, -0.2) is 4.98 Å². The van der Waals surface area contributed by atoms with Gasteiger partial charge in [-0.15, -0.1) is 0 Å². The number of aromatic nitrogens is 1. The first-order valence-corrected chi connectivity index (χ1v) is 4.36. The zero-order chi connectivity index (χ0) is 10.9. The monoisotopic (exact) mass is 203 g/mol. The zero-order valence-corrected chi connectivity index (χ0v) is 8.31. The molecule has 1 aromatic heterocycles. The van der Waals surface area contributed by atoms with E-state index < -0.39 is 11.7 Å². The Morgan fingerprint density at radius 2 is 1.93 bits per heavy atom. The lowest BCUT2D eigenvalue weighted by atomic mass is 10.1. The molecule has 1 aromatic rings. The molecule has 0 saturated heterocycles. The number of halogens is 3. The number of pyridine rings is 1. The number of hydrogen-bond acceptors (Lipinski definition) is 1. The van der Waals surface area contributed by atoms with E-state index in [0.717, 1.165) is 19.2 Å². The van der Waals surface area contributed by atoms with Gasteiger partial charge in [0.25, 0.3) is 5.92 Å². The van der Waals surface area contributed by atoms with Crippen molar-refractivity contribution < 1.29 is 13.2 Å². The summed E-state index contributed by atoms with van der Waals surface area (Å²) in [5, 5.41) is 0. The van der Waals surface area contributed by atoms with E-state index in [9.17, 15) is 13.2 Å². The third-order valence-corrected chi connectivity index (χ3v) is 1.92. The summed E-state index contributed by atoms with van der Waals surface area (Å²) in [6, 6.07) is 0.850. The lowest BCUT2D eigenvalue weighted by Crippen LogP contribution is -2.10. The summed E-state index contributed by atoms with van der Waals surface area (Å²) in [6.07, 6.45) is 1.03. The highest BCUT2D eigenvalue weighted by Gasteiger charge is 2.26. The van der Waals surface area contributed by atoms with Crippen LogP contribution in [-0.2, 0) is 5.92 Å². The van der Waals surface area contributed by atoms with Crippen molar-refractivity contribution in [2.24, 2.45) is 0 Å². The molecule has 0 amide bonds. The van der Waals surface area contributed by atoms with Crippen LogP contribution >= 0.6 is 0 Å². The lowest BCUT2D eigenvalue weighted by molar-refractivity contribution is 0.0167. The molecule has 0 aliphatic heterocycles. The largest absolute Gasteiger partial charge is 0.272 e. The maximum atomic E-state index is 13.2. The van der Waals surface area contributed by atoms with E-state index in [1.807, 2.05) is 0 Å². The fourth-order valence-corrected chi connectivity index (χ4v) is 1.11. The average Bonchev–Trinajstić information content (AvgIpc) is 2.01. The predicted molar refractivity (Wildman–Crippen MR) is 47.9 cm³/mol. The van der Waals surface area contributed by atoms with E-state index in [2.05, 4.69) is 4.98 Å². The van der Waals surface area contributed by atoms with Gasteiger partial charge >= 0.3 is 0 Å². The molecule has 0 aromatic carbocycles. The third kappa shape index (κ3) is 2.25. The molecule has 0 aliphatic carbocycles. The van der Waals surface area contributed by atoms with Crippen LogP contribution in [0.15, 0.2) is 12.3 Å². The van der Waals surface area contributed by atoms with Crippen LogP contribution < -0.4 is 0 Å². The molecule has 0 aliphatic rings. The summed E-state index contributed by atoms with van der Waals surface area (Å²) in [5.74, 6) is -3.81. The molecule has 78 valence electrons. The fourth-order valence-electron chi connectivity index (χ4n) is 1.11. The molecule has 0 atom stereocenters. The van der Waals surface area contributed by atoms with Crippen LogP contribution in [0.4, 0.5) is 13.2 Å². The smallest absolute Gasteiger partial charge is 0.257 e. The molecule has 1 nitrogen and oxygen atoms in total. The predicted octanol–water partition coefficient (Wildman–Crippen LogP) is 3.46. The van der Waals surface area contributed by atoms with Gasteiger partial charge in [-0.2, -0.15) is 0 Å². The van der Waals surface area contributed by atoms with Crippen molar-refractivity contribution in [3.05, 3.63) is 29.3 Å². The van der Waals surface area contributed by atoms with E-state index in [-0.39, 0.29) is 17.2 Å². The van der Waals surface area contributed by atoms with Crippen LogP contribution in [0.1, 0.15) is 37.9 Å². The van der Waals surface area contributed by atoms with E-state index in [4.69, 9.17) is 0 Å². The van der Waals surface area contributed by atoms with Crippen molar-refractivity contribution >= 4 is 0 Å². The molecule has 0 spiro atoms. The first-order valence-electron chi connectivity index (χ1n) is 4.36. The minimum atomic E-state index is -3.04. The Morgan fingerprint density at radius 1 is 1.36 bits per heavy atom. The molecule has 0 radical (unpaired) electrons. The maximum Gasteiger partial charge on any atom is 0.272 e. The Labute approximate surface area is 81.0 Å². The van der Waals surface area contributed by atoms with E-state index >= 15 is 0 Å². The van der Waals surface area contributed by atoms with Crippen molar-refractivity contribution in [1.29, 1.82) is 0 Å². The molecular weight excluding hydrogens is 191 g/mol. The molecular formula is C10H12F3N. The van der Waals surface area contributed by atoms with Gasteiger partial charge in [0, 0.05) is 18.7 Å². The summed E-state index contributed by atoms with van der Waals surface area (Å²) in [6.45, 7) is 4.24.